The molecular formula is C42H26N2O. The number of aromatic nitrogens is 2. The summed E-state index contributed by atoms with van der Waals surface area (Å²) in [5, 5.41) is 7.25. The fourth-order valence-electron chi connectivity index (χ4n) is 7.46. The molecule has 0 spiro atoms. The summed E-state index contributed by atoms with van der Waals surface area (Å²) in [5.74, 6) is 0. The summed E-state index contributed by atoms with van der Waals surface area (Å²) in [6.07, 6.45) is 0. The Morgan fingerprint density at radius 2 is 1.02 bits per heavy atom. The van der Waals surface area contributed by atoms with Crippen molar-refractivity contribution in [2.24, 2.45) is 0 Å². The van der Waals surface area contributed by atoms with Crippen LogP contribution in [0.4, 0.5) is 0 Å². The Labute approximate surface area is 258 Å². The predicted octanol–water partition coefficient (Wildman–Crippen LogP) is 11.4. The van der Waals surface area contributed by atoms with Gasteiger partial charge in [-0.25, -0.2) is 0 Å². The lowest BCUT2D eigenvalue weighted by Gasteiger charge is -2.11. The SMILES string of the molecule is c1ccc(-n2c3ccccc3c3c(-c4ccc5c6ccccc6n(-c6cccc7oc8ccccc8c67)c5c4)cccc32)cc1. The van der Waals surface area contributed by atoms with E-state index >= 15 is 0 Å². The first kappa shape index (κ1) is 24.4. The second kappa shape index (κ2) is 9.22. The predicted molar refractivity (Wildman–Crippen MR) is 188 cm³/mol. The van der Waals surface area contributed by atoms with Gasteiger partial charge in [-0.3, -0.25) is 0 Å². The topological polar surface area (TPSA) is 23.0 Å². The molecule has 0 bridgehead atoms. The van der Waals surface area contributed by atoms with Crippen LogP contribution in [0.2, 0.25) is 0 Å². The number of para-hydroxylation sites is 4. The Kier molecular flexibility index (Phi) is 5.00. The highest BCUT2D eigenvalue weighted by Gasteiger charge is 2.20. The van der Waals surface area contributed by atoms with Crippen molar-refractivity contribution in [3.63, 3.8) is 0 Å². The summed E-state index contributed by atoms with van der Waals surface area (Å²) in [6, 6.07) is 56.5. The van der Waals surface area contributed by atoms with E-state index in [4.69, 9.17) is 4.42 Å². The third-order valence-electron chi connectivity index (χ3n) is 9.32. The Morgan fingerprint density at radius 3 is 1.89 bits per heavy atom. The minimum atomic E-state index is 0.897. The Balaban J connectivity index is 1.30. The van der Waals surface area contributed by atoms with Gasteiger partial charge in [-0.15, -0.1) is 0 Å². The number of benzene rings is 7. The van der Waals surface area contributed by atoms with Crippen LogP contribution in [0, 0.1) is 0 Å². The number of hydrogen-bond donors (Lipinski definition) is 0. The molecule has 3 nitrogen and oxygen atoms in total. The van der Waals surface area contributed by atoms with E-state index in [0.29, 0.717) is 0 Å². The van der Waals surface area contributed by atoms with E-state index in [1.165, 1.54) is 54.7 Å². The smallest absolute Gasteiger partial charge is 0.137 e. The first-order chi connectivity index (χ1) is 22.3. The van der Waals surface area contributed by atoms with E-state index in [9.17, 15) is 0 Å². The number of fused-ring (bicyclic) bond motifs is 9. The first-order valence-electron chi connectivity index (χ1n) is 15.4. The van der Waals surface area contributed by atoms with Crippen molar-refractivity contribution in [3.8, 4) is 22.5 Å². The average Bonchev–Trinajstić information content (AvgIpc) is 3.76. The lowest BCUT2D eigenvalue weighted by molar-refractivity contribution is 0.669. The molecule has 45 heavy (non-hydrogen) atoms. The van der Waals surface area contributed by atoms with Crippen LogP contribution in [-0.4, -0.2) is 9.13 Å². The van der Waals surface area contributed by atoms with Gasteiger partial charge in [0.2, 0.25) is 0 Å². The highest BCUT2D eigenvalue weighted by molar-refractivity contribution is 6.18. The molecule has 0 aliphatic heterocycles. The molecule has 7 aromatic carbocycles. The van der Waals surface area contributed by atoms with Crippen LogP contribution in [0.3, 0.4) is 0 Å². The molecule has 3 aromatic heterocycles. The van der Waals surface area contributed by atoms with Crippen LogP contribution in [0.25, 0.3) is 88.1 Å². The average molecular weight is 575 g/mol. The van der Waals surface area contributed by atoms with Gasteiger partial charge in [-0.1, -0.05) is 103 Å². The summed E-state index contributed by atoms with van der Waals surface area (Å²) in [6.45, 7) is 0. The molecule has 10 aromatic rings. The van der Waals surface area contributed by atoms with Crippen LogP contribution in [0.15, 0.2) is 162 Å². The number of rotatable bonds is 3. The van der Waals surface area contributed by atoms with Gasteiger partial charge in [-0.2, -0.15) is 0 Å². The number of furan rings is 1. The second-order valence-corrected chi connectivity index (χ2v) is 11.7. The first-order valence-corrected chi connectivity index (χ1v) is 15.4. The molecule has 0 fully saturated rings. The largest absolute Gasteiger partial charge is 0.456 e. The Morgan fingerprint density at radius 1 is 0.378 bits per heavy atom. The van der Waals surface area contributed by atoms with E-state index in [1.807, 2.05) is 6.07 Å². The van der Waals surface area contributed by atoms with Crippen molar-refractivity contribution in [1.82, 2.24) is 9.13 Å². The molecule has 0 N–H and O–H groups in total. The Hall–Kier alpha value is -6.06. The van der Waals surface area contributed by atoms with Crippen LogP contribution in [-0.2, 0) is 0 Å². The normalized spacial score (nSPS) is 12.0. The van der Waals surface area contributed by atoms with Crippen LogP contribution in [0.5, 0.6) is 0 Å². The monoisotopic (exact) mass is 574 g/mol. The van der Waals surface area contributed by atoms with Crippen LogP contribution >= 0.6 is 0 Å². The number of hydrogen-bond acceptors (Lipinski definition) is 1. The Bertz CT molecular complexity index is 2760. The van der Waals surface area contributed by atoms with Gasteiger partial charge in [-0.05, 0) is 65.7 Å². The van der Waals surface area contributed by atoms with Crippen molar-refractivity contribution in [2.75, 3.05) is 0 Å². The molecule has 0 aliphatic rings. The molecular weight excluding hydrogens is 548 g/mol. The summed E-state index contributed by atoms with van der Waals surface area (Å²) in [5.41, 5.74) is 11.3. The number of nitrogens with zero attached hydrogens (tertiary/aromatic N) is 2. The molecule has 210 valence electrons. The summed E-state index contributed by atoms with van der Waals surface area (Å²) in [4.78, 5) is 0. The summed E-state index contributed by atoms with van der Waals surface area (Å²) < 4.78 is 11.1. The zero-order valence-electron chi connectivity index (χ0n) is 24.3. The van der Waals surface area contributed by atoms with Crippen molar-refractivity contribution >= 4 is 65.6 Å². The van der Waals surface area contributed by atoms with Crippen LogP contribution in [0.1, 0.15) is 0 Å². The molecule has 0 aliphatic carbocycles. The molecule has 0 amide bonds. The lowest BCUT2D eigenvalue weighted by Crippen LogP contribution is -1.95. The third kappa shape index (κ3) is 3.41. The van der Waals surface area contributed by atoms with Gasteiger partial charge >= 0.3 is 0 Å². The fraction of sp³-hybridized carbons (Fsp3) is 0. The van der Waals surface area contributed by atoms with Crippen molar-refractivity contribution in [1.29, 1.82) is 0 Å². The maximum Gasteiger partial charge on any atom is 0.137 e. The highest BCUT2D eigenvalue weighted by atomic mass is 16.3. The third-order valence-corrected chi connectivity index (χ3v) is 9.32. The molecule has 10 rings (SSSR count). The van der Waals surface area contributed by atoms with Gasteiger partial charge in [0.05, 0.1) is 33.1 Å². The van der Waals surface area contributed by atoms with E-state index in [2.05, 4.69) is 161 Å². The minimum absolute atomic E-state index is 0.897. The lowest BCUT2D eigenvalue weighted by atomic mass is 9.98. The van der Waals surface area contributed by atoms with E-state index in [-0.39, 0.29) is 0 Å². The summed E-state index contributed by atoms with van der Waals surface area (Å²) >= 11 is 0. The molecule has 0 atom stereocenters. The second-order valence-electron chi connectivity index (χ2n) is 11.7. The molecule has 0 saturated carbocycles. The fourth-order valence-corrected chi connectivity index (χ4v) is 7.46. The van der Waals surface area contributed by atoms with Crippen molar-refractivity contribution in [3.05, 3.63) is 158 Å². The molecule has 0 saturated heterocycles. The zero-order valence-corrected chi connectivity index (χ0v) is 24.3. The van der Waals surface area contributed by atoms with Crippen LogP contribution < -0.4 is 0 Å². The van der Waals surface area contributed by atoms with E-state index in [0.717, 1.165) is 33.3 Å². The molecule has 3 heteroatoms. The van der Waals surface area contributed by atoms with Gasteiger partial charge in [0.25, 0.3) is 0 Å². The zero-order chi connectivity index (χ0) is 29.5. The highest BCUT2D eigenvalue weighted by Crippen LogP contribution is 2.42. The van der Waals surface area contributed by atoms with Gasteiger partial charge in [0.1, 0.15) is 11.2 Å². The summed E-state index contributed by atoms with van der Waals surface area (Å²) in [7, 11) is 0. The van der Waals surface area contributed by atoms with E-state index < -0.39 is 0 Å². The molecule has 0 unspecified atom stereocenters. The molecule has 0 radical (unpaired) electrons. The van der Waals surface area contributed by atoms with Crippen molar-refractivity contribution in [2.45, 2.75) is 0 Å². The van der Waals surface area contributed by atoms with E-state index in [1.54, 1.807) is 0 Å². The quantitative estimate of drug-likeness (QED) is 0.206. The standard InChI is InChI=1S/C42H26N2O/c1-2-12-28(13-3-1)43-35-19-8-5-15-32(35)41-29(17-10-20-36(41)43)27-24-25-31-30-14-4-7-18-34(30)44(38(31)26-27)37-21-11-23-40-42(37)33-16-6-9-22-39(33)45-40/h1-26H. The van der Waals surface area contributed by atoms with Gasteiger partial charge in [0, 0.05) is 32.6 Å². The van der Waals surface area contributed by atoms with Gasteiger partial charge in [0.15, 0.2) is 0 Å². The van der Waals surface area contributed by atoms with Gasteiger partial charge < -0.3 is 13.6 Å². The van der Waals surface area contributed by atoms with Crippen molar-refractivity contribution < 1.29 is 4.42 Å². The molecule has 3 heterocycles. The maximum atomic E-state index is 6.32. The maximum absolute atomic E-state index is 6.32. The minimum Gasteiger partial charge on any atom is -0.456 e.